The molecule has 0 unspecified atom stereocenters. The molecule has 4 nitrogen and oxygen atoms in total. The maximum Gasteiger partial charge on any atom is 0.223 e. The number of aryl methyl sites for hydroxylation is 1. The van der Waals surface area contributed by atoms with Crippen LogP contribution in [0.4, 0.5) is 0 Å². The number of hydrogen-bond donors (Lipinski definition) is 1. The molecule has 0 aliphatic rings. The highest BCUT2D eigenvalue weighted by Gasteiger charge is 2.13. The number of oxazole rings is 1. The van der Waals surface area contributed by atoms with E-state index in [0.717, 1.165) is 25.0 Å². The van der Waals surface area contributed by atoms with Crippen LogP contribution in [0.5, 0.6) is 0 Å². The minimum Gasteiger partial charge on any atom is -0.449 e. The molecule has 0 atom stereocenters. The van der Waals surface area contributed by atoms with Gasteiger partial charge in [-0.15, -0.1) is 0 Å². The van der Waals surface area contributed by atoms with E-state index in [9.17, 15) is 4.79 Å². The summed E-state index contributed by atoms with van der Waals surface area (Å²) in [6, 6.07) is 0. The van der Waals surface area contributed by atoms with Crippen LogP contribution in [0.25, 0.3) is 0 Å². The summed E-state index contributed by atoms with van der Waals surface area (Å²) in [5.74, 6) is 0.950. The van der Waals surface area contributed by atoms with Crippen LogP contribution in [-0.2, 0) is 11.2 Å². The summed E-state index contributed by atoms with van der Waals surface area (Å²) >= 11 is 0. The Kier molecular flexibility index (Phi) is 5.02. The molecule has 0 aliphatic heterocycles. The smallest absolute Gasteiger partial charge is 0.223 e. The summed E-state index contributed by atoms with van der Waals surface area (Å²) in [5, 5.41) is 2.92. The Morgan fingerprint density at radius 2 is 2.19 bits per heavy atom. The van der Waals surface area contributed by atoms with Crippen LogP contribution in [0, 0.1) is 12.8 Å². The third-order valence-electron chi connectivity index (χ3n) is 2.70. The topological polar surface area (TPSA) is 55.1 Å². The van der Waals surface area contributed by atoms with Gasteiger partial charge in [-0.25, -0.2) is 4.98 Å². The third kappa shape index (κ3) is 3.68. The lowest BCUT2D eigenvalue weighted by Crippen LogP contribution is -2.31. The van der Waals surface area contributed by atoms with Crippen LogP contribution in [0.2, 0.25) is 0 Å². The van der Waals surface area contributed by atoms with E-state index in [2.05, 4.69) is 10.3 Å². The quantitative estimate of drug-likeness (QED) is 0.804. The van der Waals surface area contributed by atoms with Crippen LogP contribution in [0.15, 0.2) is 10.7 Å². The minimum absolute atomic E-state index is 0.138. The third-order valence-corrected chi connectivity index (χ3v) is 2.70. The summed E-state index contributed by atoms with van der Waals surface area (Å²) in [6.45, 7) is 6.51. The van der Waals surface area contributed by atoms with Crippen LogP contribution in [0.3, 0.4) is 0 Å². The van der Waals surface area contributed by atoms with Crippen molar-refractivity contribution in [1.82, 2.24) is 10.3 Å². The second-order valence-electron chi connectivity index (χ2n) is 3.91. The summed E-state index contributed by atoms with van der Waals surface area (Å²) < 4.78 is 5.09. The van der Waals surface area contributed by atoms with E-state index in [1.54, 1.807) is 6.26 Å². The molecule has 0 bridgehead atoms. The molecule has 0 radical (unpaired) electrons. The Balaban J connectivity index is 2.27. The highest BCUT2D eigenvalue weighted by molar-refractivity contribution is 5.78. The average molecular weight is 224 g/mol. The van der Waals surface area contributed by atoms with E-state index in [1.807, 2.05) is 20.8 Å². The van der Waals surface area contributed by atoms with Crippen molar-refractivity contribution in [3.05, 3.63) is 17.8 Å². The predicted molar refractivity (Wildman–Crippen MR) is 62.0 cm³/mol. The summed E-state index contributed by atoms with van der Waals surface area (Å²) in [4.78, 5) is 15.8. The molecule has 1 aromatic rings. The van der Waals surface area contributed by atoms with Gasteiger partial charge in [0.25, 0.3) is 0 Å². The Bertz CT molecular complexity index is 330. The van der Waals surface area contributed by atoms with Crippen molar-refractivity contribution in [2.24, 2.45) is 5.92 Å². The van der Waals surface area contributed by atoms with Crippen molar-refractivity contribution in [2.45, 2.75) is 40.0 Å². The molecule has 0 saturated carbocycles. The van der Waals surface area contributed by atoms with Gasteiger partial charge in [-0.05, 0) is 12.8 Å². The summed E-state index contributed by atoms with van der Waals surface area (Å²) in [7, 11) is 0. The molecule has 0 spiro atoms. The molecule has 0 fully saturated rings. The molecule has 1 N–H and O–H groups in total. The Labute approximate surface area is 96.4 Å². The molecule has 90 valence electrons. The van der Waals surface area contributed by atoms with Crippen LogP contribution in [0.1, 0.15) is 38.3 Å². The number of carbonyl (C=O) groups excluding carboxylic acids is 1. The maximum absolute atomic E-state index is 11.6. The number of carbonyl (C=O) groups is 1. The van der Waals surface area contributed by atoms with Crippen molar-refractivity contribution in [1.29, 1.82) is 0 Å². The fourth-order valence-corrected chi connectivity index (χ4v) is 1.64. The van der Waals surface area contributed by atoms with Crippen LogP contribution < -0.4 is 5.32 Å². The molecule has 0 saturated heterocycles. The largest absolute Gasteiger partial charge is 0.449 e. The van der Waals surface area contributed by atoms with E-state index in [-0.39, 0.29) is 11.8 Å². The first-order valence-electron chi connectivity index (χ1n) is 5.86. The average Bonchev–Trinajstić information content (AvgIpc) is 2.66. The number of aromatic nitrogens is 1. The van der Waals surface area contributed by atoms with Crippen molar-refractivity contribution >= 4 is 5.91 Å². The molecule has 1 aromatic heterocycles. The summed E-state index contributed by atoms with van der Waals surface area (Å²) in [5.41, 5.74) is 0.891. The van der Waals surface area contributed by atoms with Crippen molar-refractivity contribution in [2.75, 3.05) is 6.54 Å². The van der Waals surface area contributed by atoms with Crippen LogP contribution in [-0.4, -0.2) is 17.4 Å². The molecule has 1 amide bonds. The Morgan fingerprint density at radius 3 is 2.69 bits per heavy atom. The van der Waals surface area contributed by atoms with E-state index in [0.29, 0.717) is 12.4 Å². The summed E-state index contributed by atoms with van der Waals surface area (Å²) in [6.07, 6.45) is 4.15. The first kappa shape index (κ1) is 12.7. The fourth-order valence-electron chi connectivity index (χ4n) is 1.64. The normalized spacial score (nSPS) is 10.8. The van der Waals surface area contributed by atoms with Gasteiger partial charge >= 0.3 is 0 Å². The molecule has 4 heteroatoms. The van der Waals surface area contributed by atoms with Gasteiger partial charge in [0.2, 0.25) is 5.91 Å². The Morgan fingerprint density at radius 1 is 1.50 bits per heavy atom. The van der Waals surface area contributed by atoms with Crippen molar-refractivity contribution < 1.29 is 9.21 Å². The lowest BCUT2D eigenvalue weighted by molar-refractivity contribution is -0.125. The Hall–Kier alpha value is -1.32. The molecule has 1 heterocycles. The van der Waals surface area contributed by atoms with Crippen molar-refractivity contribution in [3.8, 4) is 0 Å². The lowest BCUT2D eigenvalue weighted by Gasteiger charge is -2.11. The number of nitrogens with one attached hydrogen (secondary N) is 1. The highest BCUT2D eigenvalue weighted by Crippen LogP contribution is 2.07. The van der Waals surface area contributed by atoms with E-state index in [4.69, 9.17) is 4.42 Å². The molecular weight excluding hydrogens is 204 g/mol. The first-order valence-corrected chi connectivity index (χ1v) is 5.86. The van der Waals surface area contributed by atoms with Gasteiger partial charge in [-0.1, -0.05) is 13.8 Å². The van der Waals surface area contributed by atoms with Gasteiger partial charge in [-0.3, -0.25) is 4.79 Å². The lowest BCUT2D eigenvalue weighted by atomic mass is 10.0. The van der Waals surface area contributed by atoms with E-state index in [1.165, 1.54) is 0 Å². The fraction of sp³-hybridized carbons (Fsp3) is 0.667. The molecule has 0 aromatic carbocycles. The number of amides is 1. The van der Waals surface area contributed by atoms with Crippen molar-refractivity contribution in [3.63, 3.8) is 0 Å². The van der Waals surface area contributed by atoms with Gasteiger partial charge < -0.3 is 9.73 Å². The highest BCUT2D eigenvalue weighted by atomic mass is 16.3. The standard InChI is InChI=1S/C12H20N2O2/c1-4-10(5-2)12(15)13-7-6-11-8-16-9(3)14-11/h8,10H,4-7H2,1-3H3,(H,13,15). The number of hydrogen-bond acceptors (Lipinski definition) is 3. The zero-order valence-electron chi connectivity index (χ0n) is 10.2. The maximum atomic E-state index is 11.6. The molecule has 1 rings (SSSR count). The van der Waals surface area contributed by atoms with E-state index >= 15 is 0 Å². The zero-order chi connectivity index (χ0) is 12.0. The molecule has 16 heavy (non-hydrogen) atoms. The first-order chi connectivity index (χ1) is 7.67. The van der Waals surface area contributed by atoms with Gasteiger partial charge in [0.15, 0.2) is 5.89 Å². The van der Waals surface area contributed by atoms with Gasteiger partial charge in [0.05, 0.1) is 5.69 Å². The second-order valence-corrected chi connectivity index (χ2v) is 3.91. The molecule has 0 aliphatic carbocycles. The monoisotopic (exact) mass is 224 g/mol. The number of nitrogens with zero attached hydrogens (tertiary/aromatic N) is 1. The predicted octanol–water partition coefficient (Wildman–Crippen LogP) is 2.08. The zero-order valence-corrected chi connectivity index (χ0v) is 10.2. The second kappa shape index (κ2) is 6.30. The van der Waals surface area contributed by atoms with Gasteiger partial charge in [0, 0.05) is 25.8 Å². The van der Waals surface area contributed by atoms with Crippen LogP contribution >= 0.6 is 0 Å². The molecular formula is C12H20N2O2. The number of rotatable bonds is 6. The minimum atomic E-state index is 0.138. The van der Waals surface area contributed by atoms with Gasteiger partial charge in [-0.2, -0.15) is 0 Å². The van der Waals surface area contributed by atoms with Gasteiger partial charge in [0.1, 0.15) is 6.26 Å². The SMILES string of the molecule is CCC(CC)C(=O)NCCc1coc(C)n1. The van der Waals surface area contributed by atoms with E-state index < -0.39 is 0 Å².